The second-order valence-electron chi connectivity index (χ2n) is 5.94. The fraction of sp³-hybridized carbons (Fsp3) is 0.625. The van der Waals surface area contributed by atoms with Crippen LogP contribution in [-0.4, -0.2) is 73.1 Å². The molecule has 0 unspecified atom stereocenters. The molecule has 1 amide bonds. The molecule has 0 aromatic carbocycles. The molecule has 1 aliphatic heterocycles. The summed E-state index contributed by atoms with van der Waals surface area (Å²) in [7, 11) is 1.78. The highest BCUT2D eigenvalue weighted by Gasteiger charge is 2.20. The third-order valence-corrected chi connectivity index (χ3v) is 3.86. The summed E-state index contributed by atoms with van der Waals surface area (Å²) < 4.78 is 0. The SMILES string of the molecule is CN=C(NCCNC(=O)C(C)C)N1CCN(c2ncccn2)CC1.I. The van der Waals surface area contributed by atoms with Crippen molar-refractivity contribution in [1.29, 1.82) is 0 Å². The first-order chi connectivity index (χ1) is 11.6. The van der Waals surface area contributed by atoms with Gasteiger partial charge in [0, 0.05) is 64.6 Å². The number of halogens is 1. The van der Waals surface area contributed by atoms with Crippen LogP contribution in [0.4, 0.5) is 5.95 Å². The van der Waals surface area contributed by atoms with Crippen molar-refractivity contribution in [1.82, 2.24) is 25.5 Å². The summed E-state index contributed by atoms with van der Waals surface area (Å²) in [5.74, 6) is 1.72. The van der Waals surface area contributed by atoms with Crippen LogP contribution in [-0.2, 0) is 4.79 Å². The van der Waals surface area contributed by atoms with E-state index in [1.165, 1.54) is 0 Å². The maximum atomic E-state index is 11.5. The molecule has 0 spiro atoms. The number of carbonyl (C=O) groups is 1. The van der Waals surface area contributed by atoms with E-state index in [-0.39, 0.29) is 35.8 Å². The number of piperazine rings is 1. The Balaban J connectivity index is 0.00000312. The van der Waals surface area contributed by atoms with Crippen LogP contribution in [0.5, 0.6) is 0 Å². The monoisotopic (exact) mass is 461 g/mol. The molecular formula is C16H28IN7O. The second kappa shape index (κ2) is 11.1. The standard InChI is InChI=1S/C16H27N7O.HI/c1-13(2)14(24)18-7-8-21-15(17-3)22-9-11-23(12-10-22)16-19-5-4-6-20-16;/h4-6,13H,7-12H2,1-3H3,(H,17,21)(H,18,24);1H. The van der Waals surface area contributed by atoms with Crippen molar-refractivity contribution in [2.24, 2.45) is 10.9 Å². The summed E-state index contributed by atoms with van der Waals surface area (Å²) in [6, 6.07) is 1.82. The molecule has 8 nitrogen and oxygen atoms in total. The van der Waals surface area contributed by atoms with E-state index >= 15 is 0 Å². The van der Waals surface area contributed by atoms with E-state index in [9.17, 15) is 4.79 Å². The predicted molar refractivity (Wildman–Crippen MR) is 110 cm³/mol. The van der Waals surface area contributed by atoms with Crippen molar-refractivity contribution < 1.29 is 4.79 Å². The maximum absolute atomic E-state index is 11.5. The minimum atomic E-state index is 0. The normalized spacial score (nSPS) is 15.0. The molecule has 9 heteroatoms. The molecule has 2 heterocycles. The van der Waals surface area contributed by atoms with Crippen LogP contribution < -0.4 is 15.5 Å². The van der Waals surface area contributed by atoms with E-state index in [0.717, 1.165) is 38.1 Å². The minimum Gasteiger partial charge on any atom is -0.354 e. The van der Waals surface area contributed by atoms with Crippen molar-refractivity contribution >= 4 is 41.8 Å². The lowest BCUT2D eigenvalue weighted by molar-refractivity contribution is -0.123. The number of hydrogen-bond acceptors (Lipinski definition) is 5. The van der Waals surface area contributed by atoms with Gasteiger partial charge in [0.25, 0.3) is 0 Å². The molecule has 1 saturated heterocycles. The first-order valence-electron chi connectivity index (χ1n) is 8.37. The van der Waals surface area contributed by atoms with Gasteiger partial charge in [-0.2, -0.15) is 0 Å². The lowest BCUT2D eigenvalue weighted by atomic mass is 10.2. The molecule has 0 saturated carbocycles. The van der Waals surface area contributed by atoms with Crippen LogP contribution in [0.25, 0.3) is 0 Å². The number of amides is 1. The molecule has 0 aliphatic carbocycles. The lowest BCUT2D eigenvalue weighted by Crippen LogP contribution is -2.53. The van der Waals surface area contributed by atoms with Crippen LogP contribution >= 0.6 is 24.0 Å². The highest BCUT2D eigenvalue weighted by atomic mass is 127. The Labute approximate surface area is 166 Å². The zero-order valence-corrected chi connectivity index (χ0v) is 17.4. The number of carbonyl (C=O) groups excluding carboxylic acids is 1. The zero-order chi connectivity index (χ0) is 17.4. The molecule has 0 atom stereocenters. The van der Waals surface area contributed by atoms with Crippen molar-refractivity contribution in [2.75, 3.05) is 51.2 Å². The number of rotatable bonds is 5. The number of guanidine groups is 1. The lowest BCUT2D eigenvalue weighted by Gasteiger charge is -2.36. The molecule has 2 N–H and O–H groups in total. The maximum Gasteiger partial charge on any atom is 0.225 e. The van der Waals surface area contributed by atoms with Gasteiger partial charge in [-0.25, -0.2) is 9.97 Å². The Kier molecular flexibility index (Phi) is 9.46. The van der Waals surface area contributed by atoms with Gasteiger partial charge in [-0.15, -0.1) is 24.0 Å². The van der Waals surface area contributed by atoms with Crippen molar-refractivity contribution in [3.63, 3.8) is 0 Å². The average molecular weight is 461 g/mol. The van der Waals surface area contributed by atoms with Gasteiger partial charge in [0.1, 0.15) is 0 Å². The molecule has 0 radical (unpaired) electrons. The van der Waals surface area contributed by atoms with Gasteiger partial charge in [-0.3, -0.25) is 9.79 Å². The largest absolute Gasteiger partial charge is 0.354 e. The third-order valence-electron chi connectivity index (χ3n) is 3.86. The number of aromatic nitrogens is 2. The quantitative estimate of drug-likeness (QED) is 0.289. The van der Waals surface area contributed by atoms with Crippen LogP contribution in [0.2, 0.25) is 0 Å². The second-order valence-corrected chi connectivity index (χ2v) is 5.94. The zero-order valence-electron chi connectivity index (χ0n) is 15.1. The fourth-order valence-electron chi connectivity index (χ4n) is 2.47. The Bertz CT molecular complexity index is 545. The molecule has 140 valence electrons. The van der Waals surface area contributed by atoms with Gasteiger partial charge in [0.15, 0.2) is 5.96 Å². The number of anilines is 1. The molecular weight excluding hydrogens is 433 g/mol. The number of aliphatic imine (C=N–C) groups is 1. The van der Waals surface area contributed by atoms with Crippen LogP contribution in [0.3, 0.4) is 0 Å². The van der Waals surface area contributed by atoms with E-state index in [0.29, 0.717) is 13.1 Å². The molecule has 0 bridgehead atoms. The summed E-state index contributed by atoms with van der Waals surface area (Å²) >= 11 is 0. The topological polar surface area (TPSA) is 85.8 Å². The highest BCUT2D eigenvalue weighted by Crippen LogP contribution is 2.09. The summed E-state index contributed by atoms with van der Waals surface area (Å²) in [5.41, 5.74) is 0. The highest BCUT2D eigenvalue weighted by molar-refractivity contribution is 14.0. The van der Waals surface area contributed by atoms with Crippen LogP contribution in [0.15, 0.2) is 23.5 Å². The Morgan fingerprint density at radius 3 is 2.32 bits per heavy atom. The predicted octanol–water partition coefficient (Wildman–Crippen LogP) is 0.564. The molecule has 1 aliphatic rings. The molecule has 25 heavy (non-hydrogen) atoms. The Hall–Kier alpha value is -1.65. The Morgan fingerprint density at radius 1 is 1.16 bits per heavy atom. The first-order valence-corrected chi connectivity index (χ1v) is 8.37. The minimum absolute atomic E-state index is 0. The molecule has 1 aromatic rings. The van der Waals surface area contributed by atoms with Crippen molar-refractivity contribution in [3.8, 4) is 0 Å². The van der Waals surface area contributed by atoms with Gasteiger partial charge < -0.3 is 20.4 Å². The van der Waals surface area contributed by atoms with Crippen LogP contribution in [0.1, 0.15) is 13.8 Å². The van der Waals surface area contributed by atoms with E-state index in [4.69, 9.17) is 0 Å². The first kappa shape index (κ1) is 21.4. The summed E-state index contributed by atoms with van der Waals surface area (Å²) in [6.45, 7) is 8.45. The average Bonchev–Trinajstić information content (AvgIpc) is 2.62. The molecule has 2 rings (SSSR count). The van der Waals surface area contributed by atoms with Gasteiger partial charge in [0.05, 0.1) is 0 Å². The Morgan fingerprint density at radius 2 is 1.76 bits per heavy atom. The van der Waals surface area contributed by atoms with Crippen molar-refractivity contribution in [2.45, 2.75) is 13.8 Å². The van der Waals surface area contributed by atoms with Gasteiger partial charge in [-0.05, 0) is 6.07 Å². The van der Waals surface area contributed by atoms with Gasteiger partial charge in [-0.1, -0.05) is 13.8 Å². The number of hydrogen-bond donors (Lipinski definition) is 2. The van der Waals surface area contributed by atoms with Crippen LogP contribution in [0, 0.1) is 5.92 Å². The number of nitrogens with zero attached hydrogens (tertiary/aromatic N) is 5. The summed E-state index contributed by atoms with van der Waals surface area (Å²) in [5, 5.41) is 6.19. The third kappa shape index (κ3) is 6.63. The summed E-state index contributed by atoms with van der Waals surface area (Å²) in [6.07, 6.45) is 3.53. The van der Waals surface area contributed by atoms with E-state index in [2.05, 4.69) is 35.4 Å². The smallest absolute Gasteiger partial charge is 0.225 e. The molecule has 1 fully saturated rings. The van der Waals surface area contributed by atoms with Gasteiger partial charge >= 0.3 is 0 Å². The van der Waals surface area contributed by atoms with E-state index in [1.807, 2.05) is 19.9 Å². The number of nitrogens with one attached hydrogen (secondary N) is 2. The molecule has 1 aromatic heterocycles. The fourth-order valence-corrected chi connectivity index (χ4v) is 2.47. The van der Waals surface area contributed by atoms with E-state index < -0.39 is 0 Å². The van der Waals surface area contributed by atoms with Crippen molar-refractivity contribution in [3.05, 3.63) is 18.5 Å². The summed E-state index contributed by atoms with van der Waals surface area (Å²) in [4.78, 5) is 28.8. The van der Waals surface area contributed by atoms with Gasteiger partial charge in [0.2, 0.25) is 11.9 Å². The van der Waals surface area contributed by atoms with E-state index in [1.54, 1.807) is 19.4 Å².